The summed E-state index contributed by atoms with van der Waals surface area (Å²) in [6.07, 6.45) is 4.54. The summed E-state index contributed by atoms with van der Waals surface area (Å²) in [4.78, 5) is 37.0. The van der Waals surface area contributed by atoms with E-state index >= 15 is 0 Å². The van der Waals surface area contributed by atoms with Gasteiger partial charge in [0.05, 0.1) is 22.9 Å². The average Bonchev–Trinajstić information content (AvgIpc) is 3.37. The molecule has 0 spiro atoms. The highest BCUT2D eigenvalue weighted by Crippen LogP contribution is 2.51. The van der Waals surface area contributed by atoms with Gasteiger partial charge in [0, 0.05) is 29.8 Å². The second-order valence-corrected chi connectivity index (χ2v) is 11.1. The van der Waals surface area contributed by atoms with Crippen molar-refractivity contribution < 1.29 is 9.59 Å². The zero-order chi connectivity index (χ0) is 25.2. The van der Waals surface area contributed by atoms with E-state index in [2.05, 4.69) is 17.3 Å². The van der Waals surface area contributed by atoms with Gasteiger partial charge in [-0.1, -0.05) is 42.1 Å². The Morgan fingerprint density at radius 3 is 2.58 bits per heavy atom. The van der Waals surface area contributed by atoms with Gasteiger partial charge in [-0.2, -0.15) is 0 Å². The first-order chi connectivity index (χ1) is 17.5. The molecule has 2 aromatic rings. The molecule has 1 amide bonds. The van der Waals surface area contributed by atoms with Crippen molar-refractivity contribution in [2.75, 3.05) is 18.9 Å². The number of amidine groups is 1. The lowest BCUT2D eigenvalue weighted by Gasteiger charge is -2.20. The summed E-state index contributed by atoms with van der Waals surface area (Å²) in [6, 6.07) is 15.5. The molecule has 3 aliphatic rings. The number of benzene rings is 2. The fourth-order valence-electron chi connectivity index (χ4n) is 4.64. The van der Waals surface area contributed by atoms with Crippen molar-refractivity contribution in [1.82, 2.24) is 9.80 Å². The van der Waals surface area contributed by atoms with Gasteiger partial charge < -0.3 is 10.2 Å². The first kappa shape index (κ1) is 24.7. The van der Waals surface area contributed by atoms with Gasteiger partial charge >= 0.3 is 0 Å². The van der Waals surface area contributed by atoms with Gasteiger partial charge in [-0.3, -0.25) is 14.5 Å². The van der Waals surface area contributed by atoms with Gasteiger partial charge in [0.15, 0.2) is 11.0 Å². The fraction of sp³-hybridized carbons (Fsp3) is 0.321. The Bertz CT molecular complexity index is 1300. The molecule has 2 heterocycles. The smallest absolute Gasteiger partial charge is 0.269 e. The van der Waals surface area contributed by atoms with Crippen LogP contribution in [0, 0.1) is 0 Å². The molecule has 186 valence electrons. The van der Waals surface area contributed by atoms with E-state index in [9.17, 15) is 9.59 Å². The number of aliphatic imine (C=N–C) groups is 1. The summed E-state index contributed by atoms with van der Waals surface area (Å²) in [5.74, 6) is -0.0382. The topological polar surface area (TPSA) is 65.0 Å². The Morgan fingerprint density at radius 2 is 1.86 bits per heavy atom. The van der Waals surface area contributed by atoms with Crippen LogP contribution in [0.5, 0.6) is 0 Å². The summed E-state index contributed by atoms with van der Waals surface area (Å²) in [5, 5.41) is 4.97. The monoisotopic (exact) mass is 518 g/mol. The number of amides is 1. The van der Waals surface area contributed by atoms with E-state index in [-0.39, 0.29) is 11.7 Å². The van der Waals surface area contributed by atoms with Crippen LogP contribution >= 0.6 is 23.5 Å². The van der Waals surface area contributed by atoms with Gasteiger partial charge in [-0.05, 0) is 75.1 Å². The molecule has 1 fully saturated rings. The second kappa shape index (κ2) is 10.6. The van der Waals surface area contributed by atoms with Crippen molar-refractivity contribution in [2.24, 2.45) is 4.99 Å². The SMILES string of the molecule is CCNc1ccc(C(C)=O)cc1/N=C1/S/C(=C2\SC3=C(CCCC3)N2C)C(=O)N1Cc1ccccc1. The van der Waals surface area contributed by atoms with E-state index in [0.717, 1.165) is 40.6 Å². The van der Waals surface area contributed by atoms with Crippen LogP contribution in [0.1, 0.15) is 55.5 Å². The molecular formula is C28H30N4O2S2. The number of thioether (sulfide) groups is 2. The number of carbonyl (C=O) groups is 2. The Labute approximate surface area is 220 Å². The zero-order valence-corrected chi connectivity index (χ0v) is 22.5. The Kier molecular flexibility index (Phi) is 7.25. The molecule has 0 saturated carbocycles. The minimum Gasteiger partial charge on any atom is -0.384 e. The number of nitrogens with one attached hydrogen (secondary N) is 1. The third kappa shape index (κ3) is 4.84. The number of anilines is 1. The van der Waals surface area contributed by atoms with Crippen LogP contribution in [0.2, 0.25) is 0 Å². The first-order valence-corrected chi connectivity index (χ1v) is 14.0. The second-order valence-electron chi connectivity index (χ2n) is 9.06. The molecule has 0 aromatic heterocycles. The molecule has 2 aromatic carbocycles. The van der Waals surface area contributed by atoms with E-state index in [0.29, 0.717) is 23.0 Å². The largest absolute Gasteiger partial charge is 0.384 e. The minimum absolute atomic E-state index is 0.0146. The van der Waals surface area contributed by atoms with Gasteiger partial charge in [0.2, 0.25) is 0 Å². The quantitative estimate of drug-likeness (QED) is 0.338. The molecular weight excluding hydrogens is 488 g/mol. The minimum atomic E-state index is -0.0236. The maximum Gasteiger partial charge on any atom is 0.269 e. The summed E-state index contributed by atoms with van der Waals surface area (Å²) in [6.45, 7) is 4.74. The van der Waals surface area contributed by atoms with E-state index in [1.807, 2.05) is 49.4 Å². The lowest BCUT2D eigenvalue weighted by molar-refractivity contribution is -0.122. The number of Topliss-reactive ketones (excluding diaryl/α,β-unsaturated/α-hetero) is 1. The molecule has 1 N–H and O–H groups in total. The van der Waals surface area contributed by atoms with E-state index in [1.54, 1.807) is 29.7 Å². The first-order valence-electron chi connectivity index (χ1n) is 12.3. The van der Waals surface area contributed by atoms with Gasteiger partial charge in [0.25, 0.3) is 5.91 Å². The van der Waals surface area contributed by atoms with Crippen molar-refractivity contribution in [3.8, 4) is 0 Å². The number of allylic oxidation sites excluding steroid dienone is 2. The number of hydrogen-bond acceptors (Lipinski definition) is 7. The highest BCUT2D eigenvalue weighted by Gasteiger charge is 2.40. The van der Waals surface area contributed by atoms with Crippen LogP contribution in [0.15, 0.2) is 74.1 Å². The molecule has 1 saturated heterocycles. The molecule has 1 aliphatic carbocycles. The highest BCUT2D eigenvalue weighted by atomic mass is 32.2. The molecule has 5 rings (SSSR count). The third-order valence-corrected chi connectivity index (χ3v) is 9.10. The lowest BCUT2D eigenvalue weighted by Crippen LogP contribution is -2.29. The molecule has 0 unspecified atom stereocenters. The molecule has 6 nitrogen and oxygen atoms in total. The van der Waals surface area contributed by atoms with Gasteiger partial charge in [0.1, 0.15) is 4.91 Å². The Hall–Kier alpha value is -2.97. The van der Waals surface area contributed by atoms with E-state index < -0.39 is 0 Å². The summed E-state index contributed by atoms with van der Waals surface area (Å²) in [5.41, 5.74) is 4.49. The highest BCUT2D eigenvalue weighted by molar-refractivity contribution is 8.19. The molecule has 0 radical (unpaired) electrons. The number of carbonyl (C=O) groups excluding carboxylic acids is 2. The van der Waals surface area contributed by atoms with E-state index in [1.165, 1.54) is 35.2 Å². The lowest BCUT2D eigenvalue weighted by atomic mass is 10.0. The molecule has 0 atom stereocenters. The fourth-order valence-corrected chi connectivity index (χ4v) is 7.16. The van der Waals surface area contributed by atoms with Gasteiger partial charge in [-0.15, -0.1) is 0 Å². The van der Waals surface area contributed by atoms with Crippen molar-refractivity contribution >= 4 is 51.8 Å². The molecule has 8 heteroatoms. The Morgan fingerprint density at radius 1 is 1.08 bits per heavy atom. The Balaban J connectivity index is 1.57. The van der Waals surface area contributed by atoms with Crippen LogP contribution in [0.3, 0.4) is 0 Å². The number of nitrogens with zero attached hydrogens (tertiary/aromatic N) is 3. The van der Waals surface area contributed by atoms with Crippen molar-refractivity contribution in [2.45, 2.75) is 46.1 Å². The van der Waals surface area contributed by atoms with Crippen molar-refractivity contribution in [3.05, 3.63) is 80.2 Å². The van der Waals surface area contributed by atoms with Crippen LogP contribution in [-0.2, 0) is 11.3 Å². The standard InChI is InChI=1S/C28H30N4O2S2/c1-4-29-21-15-14-20(18(2)33)16-22(21)30-28-32(17-19-10-6-5-7-11-19)26(34)25(36-28)27-31(3)23-12-8-9-13-24(23)35-27/h5-7,10-11,14-16,29H,4,8-9,12-13,17H2,1-3H3/b27-25-,30-28+. The van der Waals surface area contributed by atoms with Crippen LogP contribution in [0.4, 0.5) is 11.4 Å². The molecule has 2 aliphatic heterocycles. The number of rotatable bonds is 6. The number of hydrogen-bond donors (Lipinski definition) is 1. The maximum atomic E-state index is 13.9. The average molecular weight is 519 g/mol. The predicted molar refractivity (Wildman–Crippen MR) is 150 cm³/mol. The van der Waals surface area contributed by atoms with Crippen LogP contribution in [-0.4, -0.2) is 40.3 Å². The van der Waals surface area contributed by atoms with Crippen LogP contribution < -0.4 is 5.32 Å². The number of ketones is 1. The summed E-state index contributed by atoms with van der Waals surface area (Å²) >= 11 is 3.18. The van der Waals surface area contributed by atoms with Crippen molar-refractivity contribution in [1.29, 1.82) is 0 Å². The maximum absolute atomic E-state index is 13.9. The molecule has 36 heavy (non-hydrogen) atoms. The summed E-state index contributed by atoms with van der Waals surface area (Å²) in [7, 11) is 2.08. The van der Waals surface area contributed by atoms with Gasteiger partial charge in [-0.25, -0.2) is 4.99 Å². The van der Waals surface area contributed by atoms with Crippen LogP contribution in [0.25, 0.3) is 0 Å². The summed E-state index contributed by atoms with van der Waals surface area (Å²) < 4.78 is 0. The predicted octanol–water partition coefficient (Wildman–Crippen LogP) is 6.72. The van der Waals surface area contributed by atoms with E-state index in [4.69, 9.17) is 4.99 Å². The van der Waals surface area contributed by atoms with Crippen molar-refractivity contribution in [3.63, 3.8) is 0 Å². The third-order valence-electron chi connectivity index (χ3n) is 6.55. The normalized spacial score (nSPS) is 21.0. The zero-order valence-electron chi connectivity index (χ0n) is 20.8. The molecule has 0 bridgehead atoms.